The van der Waals surface area contributed by atoms with E-state index in [4.69, 9.17) is 4.74 Å². The number of carbonyl (C=O) groups excluding carboxylic acids is 2. The molecule has 0 aromatic heterocycles. The highest BCUT2D eigenvalue weighted by Gasteiger charge is 2.13. The summed E-state index contributed by atoms with van der Waals surface area (Å²) in [5.74, 6) is 0.363. The molecule has 0 aliphatic heterocycles. The number of urea groups is 1. The zero-order valence-corrected chi connectivity index (χ0v) is 15.7. The number of amides is 3. The highest BCUT2D eigenvalue weighted by molar-refractivity contribution is 9.10. The van der Waals surface area contributed by atoms with E-state index in [2.05, 4.69) is 26.6 Å². The molecule has 0 heterocycles. The minimum atomic E-state index is -0.551. The summed E-state index contributed by atoms with van der Waals surface area (Å²) in [6.45, 7) is 0.591. The van der Waals surface area contributed by atoms with Crippen LogP contribution >= 0.6 is 15.9 Å². The summed E-state index contributed by atoms with van der Waals surface area (Å²) in [5, 5.41) is 4.92. The fourth-order valence-corrected chi connectivity index (χ4v) is 2.72. The molecule has 0 fully saturated rings. The maximum atomic E-state index is 12.0. The average Bonchev–Trinajstić information content (AvgIpc) is 2.55. The van der Waals surface area contributed by atoms with Crippen molar-refractivity contribution in [2.24, 2.45) is 0 Å². The van der Waals surface area contributed by atoms with E-state index in [1.165, 1.54) is 0 Å². The third kappa shape index (κ3) is 6.21. The van der Waals surface area contributed by atoms with Gasteiger partial charge in [-0.2, -0.15) is 0 Å². The first-order valence-corrected chi connectivity index (χ1v) is 8.44. The van der Waals surface area contributed by atoms with Crippen molar-refractivity contribution in [3.05, 3.63) is 58.6 Å². The van der Waals surface area contributed by atoms with Gasteiger partial charge in [0.2, 0.25) is 5.91 Å². The van der Waals surface area contributed by atoms with E-state index >= 15 is 0 Å². The Morgan fingerprint density at radius 2 is 1.88 bits per heavy atom. The lowest BCUT2D eigenvalue weighted by Crippen LogP contribution is -2.40. The van der Waals surface area contributed by atoms with Crippen LogP contribution in [0.25, 0.3) is 0 Å². The third-order valence-corrected chi connectivity index (χ3v) is 3.87. The second kappa shape index (κ2) is 9.19. The van der Waals surface area contributed by atoms with E-state index in [-0.39, 0.29) is 12.5 Å². The number of hydrogen-bond acceptors (Lipinski definition) is 4. The SMILES string of the molecule is COc1ccc(Br)cc1CN(C)CC(=O)NC(=O)Nc1ccccc1. The van der Waals surface area contributed by atoms with Gasteiger partial charge in [-0.05, 0) is 37.4 Å². The predicted molar refractivity (Wildman–Crippen MR) is 101 cm³/mol. The first-order valence-electron chi connectivity index (χ1n) is 7.65. The molecule has 2 aromatic carbocycles. The maximum absolute atomic E-state index is 12.0. The van der Waals surface area contributed by atoms with Crippen LogP contribution in [0.2, 0.25) is 0 Å². The zero-order valence-electron chi connectivity index (χ0n) is 14.1. The first kappa shape index (κ1) is 19.0. The Balaban J connectivity index is 1.86. The van der Waals surface area contributed by atoms with Crippen LogP contribution in [0, 0.1) is 0 Å². The molecule has 0 atom stereocenters. The Hall–Kier alpha value is -2.38. The molecule has 0 radical (unpaired) electrons. The number of ether oxygens (including phenoxy) is 1. The Kier molecular flexibility index (Phi) is 6.97. The number of halogens is 1. The van der Waals surface area contributed by atoms with Crippen molar-refractivity contribution < 1.29 is 14.3 Å². The normalized spacial score (nSPS) is 10.4. The molecular weight excluding hydrogens is 386 g/mol. The summed E-state index contributed by atoms with van der Waals surface area (Å²) in [5.41, 5.74) is 1.57. The molecule has 2 rings (SSSR count). The Labute approximate surface area is 155 Å². The van der Waals surface area contributed by atoms with Gasteiger partial charge in [0, 0.05) is 22.3 Å². The van der Waals surface area contributed by atoms with Crippen molar-refractivity contribution in [1.82, 2.24) is 10.2 Å². The van der Waals surface area contributed by atoms with E-state index in [1.807, 2.05) is 24.3 Å². The molecule has 3 amide bonds. The lowest BCUT2D eigenvalue weighted by atomic mass is 10.2. The highest BCUT2D eigenvalue weighted by atomic mass is 79.9. The molecule has 7 heteroatoms. The van der Waals surface area contributed by atoms with E-state index in [9.17, 15) is 9.59 Å². The molecule has 0 saturated heterocycles. The average molecular weight is 406 g/mol. The van der Waals surface area contributed by atoms with Gasteiger partial charge >= 0.3 is 6.03 Å². The molecule has 2 N–H and O–H groups in total. The van der Waals surface area contributed by atoms with Crippen molar-refractivity contribution in [2.75, 3.05) is 26.0 Å². The van der Waals surface area contributed by atoms with Gasteiger partial charge in [-0.25, -0.2) is 4.79 Å². The van der Waals surface area contributed by atoms with Crippen molar-refractivity contribution >= 4 is 33.6 Å². The molecule has 0 saturated carbocycles. The standard InChI is InChI=1S/C18H20BrN3O3/c1-22(11-13-10-14(19)8-9-16(13)25-2)12-17(23)21-18(24)20-15-6-4-3-5-7-15/h3-10H,11-12H2,1-2H3,(H2,20,21,23,24). The van der Waals surface area contributed by atoms with Crippen LogP contribution in [0.4, 0.5) is 10.5 Å². The van der Waals surface area contributed by atoms with Crippen LogP contribution in [-0.4, -0.2) is 37.5 Å². The van der Waals surface area contributed by atoms with E-state index in [0.717, 1.165) is 15.8 Å². The maximum Gasteiger partial charge on any atom is 0.325 e. The molecule has 132 valence electrons. The van der Waals surface area contributed by atoms with Gasteiger partial charge in [0.05, 0.1) is 13.7 Å². The minimum absolute atomic E-state index is 0.0812. The van der Waals surface area contributed by atoms with Gasteiger partial charge in [0.1, 0.15) is 5.75 Å². The molecule has 0 unspecified atom stereocenters. The Morgan fingerprint density at radius 3 is 2.56 bits per heavy atom. The van der Waals surface area contributed by atoms with Crippen molar-refractivity contribution in [3.63, 3.8) is 0 Å². The molecule has 0 aliphatic rings. The number of likely N-dealkylation sites (N-methyl/N-ethyl adjacent to an activating group) is 1. The number of hydrogen-bond donors (Lipinski definition) is 2. The number of methoxy groups -OCH3 is 1. The number of anilines is 1. The lowest BCUT2D eigenvalue weighted by Gasteiger charge is -2.18. The van der Waals surface area contributed by atoms with Gasteiger partial charge in [0.25, 0.3) is 0 Å². The van der Waals surface area contributed by atoms with E-state index in [1.54, 1.807) is 43.3 Å². The van der Waals surface area contributed by atoms with Crippen molar-refractivity contribution in [3.8, 4) is 5.75 Å². The molecule has 0 aliphatic carbocycles. The lowest BCUT2D eigenvalue weighted by molar-refractivity contribution is -0.120. The number of imide groups is 1. The number of para-hydroxylation sites is 1. The van der Waals surface area contributed by atoms with Gasteiger partial charge < -0.3 is 10.1 Å². The Bertz CT molecular complexity index is 738. The number of nitrogens with zero attached hydrogens (tertiary/aromatic N) is 1. The van der Waals surface area contributed by atoms with Gasteiger partial charge in [-0.15, -0.1) is 0 Å². The second-order valence-corrected chi connectivity index (χ2v) is 6.41. The van der Waals surface area contributed by atoms with Crippen LogP contribution in [0.1, 0.15) is 5.56 Å². The third-order valence-electron chi connectivity index (χ3n) is 3.38. The van der Waals surface area contributed by atoms with Crippen molar-refractivity contribution in [1.29, 1.82) is 0 Å². The fourth-order valence-electron chi connectivity index (χ4n) is 2.31. The molecule has 2 aromatic rings. The van der Waals surface area contributed by atoms with E-state index < -0.39 is 6.03 Å². The van der Waals surface area contributed by atoms with E-state index in [0.29, 0.717) is 12.2 Å². The van der Waals surface area contributed by atoms with Crippen molar-refractivity contribution in [2.45, 2.75) is 6.54 Å². The van der Waals surface area contributed by atoms with Gasteiger partial charge in [-0.3, -0.25) is 15.0 Å². The summed E-state index contributed by atoms with van der Waals surface area (Å²) in [7, 11) is 3.41. The van der Waals surface area contributed by atoms with Gasteiger partial charge in [-0.1, -0.05) is 34.1 Å². The number of benzene rings is 2. The largest absolute Gasteiger partial charge is 0.496 e. The monoisotopic (exact) mass is 405 g/mol. The topological polar surface area (TPSA) is 70.7 Å². The minimum Gasteiger partial charge on any atom is -0.496 e. The second-order valence-electron chi connectivity index (χ2n) is 5.50. The predicted octanol–water partition coefficient (Wildman–Crippen LogP) is 3.24. The van der Waals surface area contributed by atoms with Crippen LogP contribution < -0.4 is 15.4 Å². The summed E-state index contributed by atoms with van der Waals surface area (Å²) >= 11 is 3.42. The molecule has 0 bridgehead atoms. The first-order chi connectivity index (χ1) is 12.0. The summed E-state index contributed by atoms with van der Waals surface area (Å²) < 4.78 is 6.26. The summed E-state index contributed by atoms with van der Waals surface area (Å²) in [6.07, 6.45) is 0. The molecular formula is C18H20BrN3O3. The van der Waals surface area contributed by atoms with Crippen LogP contribution in [-0.2, 0) is 11.3 Å². The zero-order chi connectivity index (χ0) is 18.2. The number of nitrogens with one attached hydrogen (secondary N) is 2. The van der Waals surface area contributed by atoms with Crippen LogP contribution in [0.5, 0.6) is 5.75 Å². The Morgan fingerprint density at radius 1 is 1.16 bits per heavy atom. The summed E-state index contributed by atoms with van der Waals surface area (Å²) in [6, 6.07) is 14.1. The number of rotatable bonds is 6. The summed E-state index contributed by atoms with van der Waals surface area (Å²) in [4.78, 5) is 25.6. The van der Waals surface area contributed by atoms with Crippen LogP contribution in [0.3, 0.4) is 0 Å². The highest BCUT2D eigenvalue weighted by Crippen LogP contribution is 2.23. The molecule has 25 heavy (non-hydrogen) atoms. The quantitative estimate of drug-likeness (QED) is 0.773. The number of carbonyl (C=O) groups is 2. The molecule has 0 spiro atoms. The van der Waals surface area contributed by atoms with Gasteiger partial charge in [0.15, 0.2) is 0 Å². The smallest absolute Gasteiger partial charge is 0.325 e. The molecule has 6 nitrogen and oxygen atoms in total. The fraction of sp³-hybridized carbons (Fsp3) is 0.222. The van der Waals surface area contributed by atoms with Crippen LogP contribution in [0.15, 0.2) is 53.0 Å².